The third kappa shape index (κ3) is 3.15. The Morgan fingerprint density at radius 3 is 2.83 bits per heavy atom. The Bertz CT molecular complexity index is 520. The van der Waals surface area contributed by atoms with Crippen molar-refractivity contribution in [3.63, 3.8) is 0 Å². The van der Waals surface area contributed by atoms with Crippen molar-refractivity contribution in [3.05, 3.63) is 34.3 Å². The molecule has 1 aromatic heterocycles. The molecule has 2 aromatic rings. The zero-order chi connectivity index (χ0) is 13.0. The third-order valence-electron chi connectivity index (χ3n) is 2.79. The van der Waals surface area contributed by atoms with Gasteiger partial charge in [-0.25, -0.2) is 0 Å². The number of nitrogens with one attached hydrogen (secondary N) is 1. The van der Waals surface area contributed by atoms with Gasteiger partial charge < -0.3 is 5.32 Å². The first-order chi connectivity index (χ1) is 8.70. The Morgan fingerprint density at radius 1 is 1.22 bits per heavy atom. The zero-order valence-corrected chi connectivity index (χ0v) is 12.0. The molecule has 0 amide bonds. The van der Waals surface area contributed by atoms with Crippen LogP contribution in [0, 0.1) is 13.8 Å². The fourth-order valence-corrected chi connectivity index (χ4v) is 2.66. The van der Waals surface area contributed by atoms with Crippen LogP contribution < -0.4 is 5.32 Å². The van der Waals surface area contributed by atoms with Crippen molar-refractivity contribution >= 4 is 11.3 Å². The highest BCUT2D eigenvalue weighted by Crippen LogP contribution is 2.27. The van der Waals surface area contributed by atoms with Gasteiger partial charge in [-0.2, -0.15) is 0 Å². The summed E-state index contributed by atoms with van der Waals surface area (Å²) in [5.41, 5.74) is 3.72. The fourth-order valence-electron chi connectivity index (χ4n) is 1.77. The molecule has 1 aromatic carbocycles. The molecule has 2 rings (SSSR count). The van der Waals surface area contributed by atoms with Crippen molar-refractivity contribution < 1.29 is 0 Å². The molecule has 0 unspecified atom stereocenters. The van der Waals surface area contributed by atoms with Gasteiger partial charge in [0.1, 0.15) is 10.0 Å². The Labute approximate surface area is 112 Å². The minimum absolute atomic E-state index is 0.816. The van der Waals surface area contributed by atoms with Gasteiger partial charge in [0, 0.05) is 12.1 Å². The summed E-state index contributed by atoms with van der Waals surface area (Å²) in [5, 5.41) is 14.0. The normalized spacial score (nSPS) is 10.8. The van der Waals surface area contributed by atoms with Crippen LogP contribution in [0.2, 0.25) is 0 Å². The van der Waals surface area contributed by atoms with Crippen LogP contribution in [-0.2, 0) is 6.54 Å². The monoisotopic (exact) mass is 261 g/mol. The van der Waals surface area contributed by atoms with Gasteiger partial charge in [0.05, 0.1) is 0 Å². The molecule has 1 N–H and O–H groups in total. The van der Waals surface area contributed by atoms with Crippen molar-refractivity contribution in [3.8, 4) is 10.6 Å². The van der Waals surface area contributed by atoms with E-state index in [2.05, 4.69) is 54.5 Å². The highest BCUT2D eigenvalue weighted by molar-refractivity contribution is 7.14. The minimum Gasteiger partial charge on any atom is -0.310 e. The number of hydrogen-bond acceptors (Lipinski definition) is 4. The average molecular weight is 261 g/mol. The maximum Gasteiger partial charge on any atom is 0.148 e. The van der Waals surface area contributed by atoms with Gasteiger partial charge in [-0.3, -0.25) is 0 Å². The van der Waals surface area contributed by atoms with E-state index in [-0.39, 0.29) is 0 Å². The molecular formula is C14H19N3S. The number of aromatic nitrogens is 2. The van der Waals surface area contributed by atoms with E-state index in [4.69, 9.17) is 0 Å². The predicted molar refractivity (Wildman–Crippen MR) is 76.8 cm³/mol. The summed E-state index contributed by atoms with van der Waals surface area (Å²) in [6.45, 7) is 8.22. The van der Waals surface area contributed by atoms with E-state index < -0.39 is 0 Å². The first kappa shape index (κ1) is 13.2. The molecule has 0 atom stereocenters. The first-order valence-corrected chi connectivity index (χ1v) is 7.13. The molecule has 0 fully saturated rings. The van der Waals surface area contributed by atoms with E-state index in [9.17, 15) is 0 Å². The minimum atomic E-state index is 0.816. The van der Waals surface area contributed by atoms with Crippen molar-refractivity contribution in [2.45, 2.75) is 33.7 Å². The summed E-state index contributed by atoms with van der Waals surface area (Å²) in [7, 11) is 0. The lowest BCUT2D eigenvalue weighted by Gasteiger charge is -2.02. The van der Waals surface area contributed by atoms with Crippen molar-refractivity contribution in [1.29, 1.82) is 0 Å². The van der Waals surface area contributed by atoms with Crippen LogP contribution in [0.3, 0.4) is 0 Å². The van der Waals surface area contributed by atoms with E-state index in [1.807, 2.05) is 0 Å². The van der Waals surface area contributed by atoms with E-state index in [1.54, 1.807) is 11.3 Å². The second-order valence-electron chi connectivity index (χ2n) is 4.50. The highest BCUT2D eigenvalue weighted by atomic mass is 32.1. The molecule has 96 valence electrons. The van der Waals surface area contributed by atoms with Crippen LogP contribution in [0.4, 0.5) is 0 Å². The summed E-state index contributed by atoms with van der Waals surface area (Å²) in [5.74, 6) is 0. The molecule has 0 aliphatic heterocycles. The number of nitrogens with zero attached hydrogens (tertiary/aromatic N) is 2. The molecule has 0 spiro atoms. The summed E-state index contributed by atoms with van der Waals surface area (Å²) < 4.78 is 0. The van der Waals surface area contributed by atoms with Gasteiger partial charge in [-0.15, -0.1) is 10.2 Å². The van der Waals surface area contributed by atoms with Crippen LogP contribution in [-0.4, -0.2) is 16.7 Å². The van der Waals surface area contributed by atoms with E-state index in [0.717, 1.165) is 29.5 Å². The van der Waals surface area contributed by atoms with Gasteiger partial charge in [0.25, 0.3) is 0 Å². The second-order valence-corrected chi connectivity index (χ2v) is 5.56. The fraction of sp³-hybridized carbons (Fsp3) is 0.429. The number of rotatable bonds is 5. The Balaban J connectivity index is 2.16. The Morgan fingerprint density at radius 2 is 2.06 bits per heavy atom. The smallest absolute Gasteiger partial charge is 0.148 e. The largest absolute Gasteiger partial charge is 0.310 e. The van der Waals surface area contributed by atoms with Gasteiger partial charge in [0.2, 0.25) is 0 Å². The van der Waals surface area contributed by atoms with E-state index in [1.165, 1.54) is 16.7 Å². The highest BCUT2D eigenvalue weighted by Gasteiger charge is 2.08. The van der Waals surface area contributed by atoms with E-state index >= 15 is 0 Å². The molecule has 4 heteroatoms. The standard InChI is InChI=1S/C14H19N3S/c1-4-7-15-9-13-16-17-14(18-13)12-8-10(2)5-6-11(12)3/h5-6,8,15H,4,7,9H2,1-3H3. The summed E-state index contributed by atoms with van der Waals surface area (Å²) in [4.78, 5) is 0. The van der Waals surface area contributed by atoms with Crippen molar-refractivity contribution in [2.24, 2.45) is 0 Å². The van der Waals surface area contributed by atoms with Gasteiger partial charge in [-0.05, 0) is 38.4 Å². The lowest BCUT2D eigenvalue weighted by Crippen LogP contribution is -2.13. The molecule has 3 nitrogen and oxygen atoms in total. The van der Waals surface area contributed by atoms with Crippen molar-refractivity contribution in [1.82, 2.24) is 15.5 Å². The Kier molecular flexibility index (Phi) is 4.44. The molecule has 0 bridgehead atoms. The predicted octanol–water partition coefficient (Wildman–Crippen LogP) is 3.32. The zero-order valence-electron chi connectivity index (χ0n) is 11.2. The lowest BCUT2D eigenvalue weighted by atomic mass is 10.1. The SMILES string of the molecule is CCCNCc1nnc(-c2cc(C)ccc2C)s1. The lowest BCUT2D eigenvalue weighted by molar-refractivity contribution is 0.668. The van der Waals surface area contributed by atoms with Crippen molar-refractivity contribution in [2.75, 3.05) is 6.54 Å². The quantitative estimate of drug-likeness (QED) is 0.839. The van der Waals surface area contributed by atoms with Crippen LogP contribution in [0.5, 0.6) is 0 Å². The van der Waals surface area contributed by atoms with Gasteiger partial charge in [0.15, 0.2) is 0 Å². The van der Waals surface area contributed by atoms with Crippen LogP contribution in [0.25, 0.3) is 10.6 Å². The Hall–Kier alpha value is -1.26. The molecule has 18 heavy (non-hydrogen) atoms. The molecule has 0 saturated heterocycles. The van der Waals surface area contributed by atoms with E-state index in [0.29, 0.717) is 0 Å². The third-order valence-corrected chi connectivity index (χ3v) is 3.75. The number of aryl methyl sites for hydroxylation is 2. The summed E-state index contributed by atoms with van der Waals surface area (Å²) in [6, 6.07) is 6.45. The maximum absolute atomic E-state index is 4.30. The molecule has 0 saturated carbocycles. The molecule has 0 aliphatic rings. The topological polar surface area (TPSA) is 37.8 Å². The maximum atomic E-state index is 4.30. The first-order valence-electron chi connectivity index (χ1n) is 6.31. The number of hydrogen-bond donors (Lipinski definition) is 1. The molecule has 1 heterocycles. The molecule has 0 aliphatic carbocycles. The average Bonchev–Trinajstić information content (AvgIpc) is 2.81. The molecular weight excluding hydrogens is 242 g/mol. The molecule has 0 radical (unpaired) electrons. The van der Waals surface area contributed by atoms with Crippen LogP contribution in [0.1, 0.15) is 29.5 Å². The second kappa shape index (κ2) is 6.07. The van der Waals surface area contributed by atoms with Crippen LogP contribution in [0.15, 0.2) is 18.2 Å². The number of benzene rings is 1. The van der Waals surface area contributed by atoms with Crippen LogP contribution >= 0.6 is 11.3 Å². The summed E-state index contributed by atoms with van der Waals surface area (Å²) >= 11 is 1.67. The summed E-state index contributed by atoms with van der Waals surface area (Å²) in [6.07, 6.45) is 1.14. The van der Waals surface area contributed by atoms with Gasteiger partial charge in [-0.1, -0.05) is 36.0 Å². The van der Waals surface area contributed by atoms with Gasteiger partial charge >= 0.3 is 0 Å².